The van der Waals surface area contributed by atoms with Crippen molar-refractivity contribution in [2.45, 2.75) is 43.9 Å². The summed E-state index contributed by atoms with van der Waals surface area (Å²) in [6, 6.07) is 0. The van der Waals surface area contributed by atoms with E-state index >= 15 is 0 Å². The Balaban J connectivity index is 3.07. The van der Waals surface area contributed by atoms with Crippen LogP contribution in [0.2, 0.25) is 0 Å². The van der Waals surface area contributed by atoms with Crippen molar-refractivity contribution < 1.29 is 13.2 Å². The zero-order chi connectivity index (χ0) is 14.1. The third kappa shape index (κ3) is 3.46. The first-order valence-corrected chi connectivity index (χ1v) is 8.62. The smallest absolute Gasteiger partial charge is 0.271 e. The van der Waals surface area contributed by atoms with Gasteiger partial charge in [0.1, 0.15) is 4.21 Å². The molecule has 4 nitrogen and oxygen atoms in total. The monoisotopic (exact) mass is 309 g/mol. The number of halogens is 1. The summed E-state index contributed by atoms with van der Waals surface area (Å²) in [5.41, 5.74) is 0.436. The van der Waals surface area contributed by atoms with E-state index in [4.69, 9.17) is 10.7 Å². The van der Waals surface area contributed by atoms with Crippen LogP contribution in [0.15, 0.2) is 9.59 Å². The third-order valence-corrected chi connectivity index (χ3v) is 6.10. The summed E-state index contributed by atoms with van der Waals surface area (Å²) in [6.45, 7) is 7.37. The Morgan fingerprint density at radius 1 is 1.50 bits per heavy atom. The van der Waals surface area contributed by atoms with E-state index in [1.54, 1.807) is 6.92 Å². The molecule has 102 valence electrons. The van der Waals surface area contributed by atoms with Gasteiger partial charge in [0.2, 0.25) is 0 Å². The van der Waals surface area contributed by atoms with Crippen LogP contribution in [0.5, 0.6) is 0 Å². The Labute approximate surface area is 116 Å². The molecule has 0 spiro atoms. The van der Waals surface area contributed by atoms with Gasteiger partial charge in [0.25, 0.3) is 15.0 Å². The number of amides is 1. The van der Waals surface area contributed by atoms with Crippen molar-refractivity contribution in [3.05, 3.63) is 16.5 Å². The van der Waals surface area contributed by atoms with Crippen molar-refractivity contribution >= 4 is 37.0 Å². The third-order valence-electron chi connectivity index (χ3n) is 2.80. The van der Waals surface area contributed by atoms with Gasteiger partial charge in [-0.25, -0.2) is 8.42 Å². The molecule has 0 fully saturated rings. The molecule has 0 radical (unpaired) electrons. The summed E-state index contributed by atoms with van der Waals surface area (Å²) in [7, 11) is 1.51. The molecule has 0 aliphatic heterocycles. The molecule has 0 saturated heterocycles. The summed E-state index contributed by atoms with van der Waals surface area (Å²) in [5, 5.41) is 4.38. The SMILES string of the molecule is CCC(C)(C)NC(=O)c1csc(S(=O)(=O)Cl)c1C. The first-order valence-electron chi connectivity index (χ1n) is 5.44. The van der Waals surface area contributed by atoms with E-state index in [9.17, 15) is 13.2 Å². The summed E-state index contributed by atoms with van der Waals surface area (Å²) in [5.74, 6) is -0.276. The van der Waals surface area contributed by atoms with E-state index in [1.807, 2.05) is 20.8 Å². The fraction of sp³-hybridized carbons (Fsp3) is 0.545. The highest BCUT2D eigenvalue weighted by molar-refractivity contribution is 8.15. The van der Waals surface area contributed by atoms with Gasteiger partial charge in [-0.2, -0.15) is 0 Å². The average molecular weight is 310 g/mol. The van der Waals surface area contributed by atoms with E-state index in [2.05, 4.69) is 5.32 Å². The van der Waals surface area contributed by atoms with Crippen LogP contribution in [0.1, 0.15) is 43.1 Å². The van der Waals surface area contributed by atoms with Crippen molar-refractivity contribution in [1.82, 2.24) is 5.32 Å². The zero-order valence-electron chi connectivity index (χ0n) is 10.7. The second-order valence-corrected chi connectivity index (χ2v) is 8.33. The number of thiophene rings is 1. The summed E-state index contributed by atoms with van der Waals surface area (Å²) in [4.78, 5) is 12.0. The molecule has 1 rings (SSSR count). The van der Waals surface area contributed by atoms with Gasteiger partial charge >= 0.3 is 0 Å². The molecule has 0 atom stereocenters. The fourth-order valence-electron chi connectivity index (χ4n) is 1.33. The molecule has 0 aliphatic rings. The molecular weight excluding hydrogens is 294 g/mol. The Morgan fingerprint density at radius 2 is 2.06 bits per heavy atom. The van der Waals surface area contributed by atoms with E-state index in [-0.39, 0.29) is 15.7 Å². The summed E-state index contributed by atoms with van der Waals surface area (Å²) < 4.78 is 22.6. The fourth-order valence-corrected chi connectivity index (χ4v) is 3.88. The quantitative estimate of drug-likeness (QED) is 0.870. The van der Waals surface area contributed by atoms with Gasteiger partial charge in [0.05, 0.1) is 5.56 Å². The normalized spacial score (nSPS) is 12.5. The van der Waals surface area contributed by atoms with Crippen LogP contribution in [-0.4, -0.2) is 19.9 Å². The molecule has 0 unspecified atom stereocenters. The van der Waals surface area contributed by atoms with Gasteiger partial charge < -0.3 is 5.32 Å². The highest BCUT2D eigenvalue weighted by atomic mass is 35.7. The second kappa shape index (κ2) is 5.19. The molecule has 0 bridgehead atoms. The van der Waals surface area contributed by atoms with Crippen molar-refractivity contribution in [1.29, 1.82) is 0 Å². The van der Waals surface area contributed by atoms with E-state index < -0.39 is 9.05 Å². The van der Waals surface area contributed by atoms with Crippen LogP contribution in [0.3, 0.4) is 0 Å². The van der Waals surface area contributed by atoms with Crippen LogP contribution >= 0.6 is 22.0 Å². The molecule has 0 aromatic carbocycles. The highest BCUT2D eigenvalue weighted by Gasteiger charge is 2.25. The molecule has 1 aromatic heterocycles. The number of hydrogen-bond acceptors (Lipinski definition) is 4. The van der Waals surface area contributed by atoms with Crippen molar-refractivity contribution in [2.75, 3.05) is 0 Å². The lowest BCUT2D eigenvalue weighted by atomic mass is 10.0. The predicted molar refractivity (Wildman–Crippen MR) is 73.9 cm³/mol. The Kier molecular flexibility index (Phi) is 4.46. The van der Waals surface area contributed by atoms with Gasteiger partial charge in [0.15, 0.2) is 0 Å². The number of carbonyl (C=O) groups excluding carboxylic acids is 1. The minimum absolute atomic E-state index is 0.0311. The summed E-state index contributed by atoms with van der Waals surface area (Å²) in [6.07, 6.45) is 0.780. The second-order valence-electron chi connectivity index (χ2n) is 4.69. The Morgan fingerprint density at radius 3 is 2.44 bits per heavy atom. The van der Waals surface area contributed by atoms with Gasteiger partial charge in [-0.1, -0.05) is 6.92 Å². The number of carbonyl (C=O) groups is 1. The lowest BCUT2D eigenvalue weighted by molar-refractivity contribution is 0.0911. The predicted octanol–water partition coefficient (Wildman–Crippen LogP) is 2.90. The number of hydrogen-bond donors (Lipinski definition) is 1. The lowest BCUT2D eigenvalue weighted by Crippen LogP contribution is -2.42. The first kappa shape index (κ1) is 15.5. The van der Waals surface area contributed by atoms with Crippen LogP contribution in [0, 0.1) is 6.92 Å². The van der Waals surface area contributed by atoms with Crippen LogP contribution < -0.4 is 5.32 Å². The molecule has 18 heavy (non-hydrogen) atoms. The van der Waals surface area contributed by atoms with Crippen molar-refractivity contribution in [3.8, 4) is 0 Å². The van der Waals surface area contributed by atoms with E-state index in [1.165, 1.54) is 5.38 Å². The molecule has 7 heteroatoms. The molecular formula is C11H16ClNO3S2. The van der Waals surface area contributed by atoms with Gasteiger partial charge in [0, 0.05) is 21.6 Å². The average Bonchev–Trinajstić information content (AvgIpc) is 2.59. The maximum absolute atomic E-state index is 12.0. The van der Waals surface area contributed by atoms with Crippen molar-refractivity contribution in [2.24, 2.45) is 0 Å². The Hall–Kier alpha value is -0.590. The standard InChI is InChI=1S/C11H16ClNO3S2/c1-5-11(3,4)13-9(14)8-6-17-10(7(8)2)18(12,15)16/h6H,5H2,1-4H3,(H,13,14). The van der Waals surface area contributed by atoms with Crippen LogP contribution in [-0.2, 0) is 9.05 Å². The van der Waals surface area contributed by atoms with E-state index in [0.717, 1.165) is 17.8 Å². The number of rotatable bonds is 4. The maximum atomic E-state index is 12.0. The largest absolute Gasteiger partial charge is 0.347 e. The molecule has 0 aliphatic carbocycles. The minimum atomic E-state index is -3.78. The van der Waals surface area contributed by atoms with Gasteiger partial charge in [-0.3, -0.25) is 4.79 Å². The first-order chi connectivity index (χ1) is 8.08. The minimum Gasteiger partial charge on any atom is -0.347 e. The van der Waals surface area contributed by atoms with Gasteiger partial charge in [-0.05, 0) is 32.8 Å². The van der Waals surface area contributed by atoms with Crippen LogP contribution in [0.25, 0.3) is 0 Å². The molecule has 1 heterocycles. The topological polar surface area (TPSA) is 63.2 Å². The zero-order valence-corrected chi connectivity index (χ0v) is 13.1. The highest BCUT2D eigenvalue weighted by Crippen LogP contribution is 2.29. The lowest BCUT2D eigenvalue weighted by Gasteiger charge is -2.24. The van der Waals surface area contributed by atoms with Gasteiger partial charge in [-0.15, -0.1) is 11.3 Å². The number of nitrogens with one attached hydrogen (secondary N) is 1. The van der Waals surface area contributed by atoms with Crippen LogP contribution in [0.4, 0.5) is 0 Å². The summed E-state index contributed by atoms with van der Waals surface area (Å²) >= 11 is 0.964. The molecule has 0 saturated carbocycles. The Bertz CT molecular complexity index is 561. The maximum Gasteiger partial charge on any atom is 0.271 e. The molecule has 1 N–H and O–H groups in total. The molecule has 1 amide bonds. The van der Waals surface area contributed by atoms with Crippen molar-refractivity contribution in [3.63, 3.8) is 0 Å². The molecule has 1 aromatic rings. The van der Waals surface area contributed by atoms with E-state index in [0.29, 0.717) is 11.1 Å².